The minimum Gasteiger partial charge on any atom is -0.248 e. The Morgan fingerprint density at radius 2 is 2.04 bits per heavy atom. The minimum atomic E-state index is -4.73. The fourth-order valence-corrected chi connectivity index (χ4v) is 4.33. The van der Waals surface area contributed by atoms with Gasteiger partial charge in [-0.15, -0.1) is 5.10 Å². The van der Waals surface area contributed by atoms with Crippen LogP contribution in [0.3, 0.4) is 0 Å². The van der Waals surface area contributed by atoms with Crippen LogP contribution in [0.5, 0.6) is 0 Å². The summed E-state index contributed by atoms with van der Waals surface area (Å²) in [5.41, 5.74) is -1.17. The summed E-state index contributed by atoms with van der Waals surface area (Å²) < 4.78 is 66.7. The molecule has 1 aliphatic rings. The topological polar surface area (TPSA) is 68.1 Å². The van der Waals surface area contributed by atoms with Crippen LogP contribution >= 0.6 is 11.6 Å². The molecule has 0 aliphatic carbocycles. The SMILES string of the molecule is O=S(=O)(c1ccc(Cl)c(C(F)(F)F)c1)N1CCC(n2ccnn2)C1. The van der Waals surface area contributed by atoms with Crippen LogP contribution in [0.25, 0.3) is 0 Å². The van der Waals surface area contributed by atoms with E-state index in [1.54, 1.807) is 10.9 Å². The fourth-order valence-electron chi connectivity index (χ4n) is 2.59. The van der Waals surface area contributed by atoms with E-state index < -0.39 is 31.7 Å². The molecule has 1 saturated heterocycles. The van der Waals surface area contributed by atoms with Crippen molar-refractivity contribution in [1.29, 1.82) is 0 Å². The third-order valence-corrected chi connectivity index (χ3v) is 6.01. The van der Waals surface area contributed by atoms with Crippen molar-refractivity contribution in [2.24, 2.45) is 0 Å². The van der Waals surface area contributed by atoms with Gasteiger partial charge in [-0.3, -0.25) is 0 Å². The lowest BCUT2D eigenvalue weighted by molar-refractivity contribution is -0.137. The highest BCUT2D eigenvalue weighted by Crippen LogP contribution is 2.37. The number of rotatable bonds is 3. The molecular weight excluding hydrogens is 369 g/mol. The second-order valence-corrected chi connectivity index (χ2v) is 7.67. The van der Waals surface area contributed by atoms with Gasteiger partial charge in [0.15, 0.2) is 0 Å². The Kier molecular flexibility index (Phi) is 4.30. The lowest BCUT2D eigenvalue weighted by Crippen LogP contribution is -2.29. The highest BCUT2D eigenvalue weighted by molar-refractivity contribution is 7.89. The van der Waals surface area contributed by atoms with Crippen LogP contribution in [0, 0.1) is 0 Å². The van der Waals surface area contributed by atoms with E-state index in [1.807, 2.05) is 0 Å². The van der Waals surface area contributed by atoms with Crippen molar-refractivity contribution in [1.82, 2.24) is 19.3 Å². The van der Waals surface area contributed by atoms with Gasteiger partial charge < -0.3 is 0 Å². The molecule has 6 nitrogen and oxygen atoms in total. The Morgan fingerprint density at radius 3 is 2.67 bits per heavy atom. The zero-order valence-electron chi connectivity index (χ0n) is 12.1. The summed E-state index contributed by atoms with van der Waals surface area (Å²) in [6, 6.07) is 2.40. The van der Waals surface area contributed by atoms with Gasteiger partial charge in [0.05, 0.1) is 27.7 Å². The molecule has 2 aromatic rings. The predicted molar refractivity (Wildman–Crippen MR) is 78.9 cm³/mol. The average molecular weight is 381 g/mol. The highest BCUT2D eigenvalue weighted by atomic mass is 35.5. The fraction of sp³-hybridized carbons (Fsp3) is 0.385. The third kappa shape index (κ3) is 3.13. The summed E-state index contributed by atoms with van der Waals surface area (Å²) >= 11 is 5.53. The third-order valence-electron chi connectivity index (χ3n) is 3.82. The first-order chi connectivity index (χ1) is 11.2. The molecule has 1 unspecified atom stereocenters. The van der Waals surface area contributed by atoms with E-state index in [9.17, 15) is 21.6 Å². The van der Waals surface area contributed by atoms with Crippen LogP contribution in [0.2, 0.25) is 5.02 Å². The maximum Gasteiger partial charge on any atom is 0.417 e. The molecule has 1 atom stereocenters. The molecule has 1 aliphatic heterocycles. The van der Waals surface area contributed by atoms with Crippen LogP contribution in [-0.4, -0.2) is 40.8 Å². The van der Waals surface area contributed by atoms with Gasteiger partial charge in [0.25, 0.3) is 0 Å². The number of alkyl halides is 3. The predicted octanol–water partition coefficient (Wildman–Crippen LogP) is 2.59. The molecule has 130 valence electrons. The van der Waals surface area contributed by atoms with Crippen molar-refractivity contribution in [2.45, 2.75) is 23.5 Å². The minimum absolute atomic E-state index is 0.121. The maximum atomic E-state index is 12.9. The van der Waals surface area contributed by atoms with Crippen molar-refractivity contribution in [3.63, 3.8) is 0 Å². The van der Waals surface area contributed by atoms with E-state index in [0.717, 1.165) is 16.4 Å². The zero-order valence-corrected chi connectivity index (χ0v) is 13.7. The number of hydrogen-bond acceptors (Lipinski definition) is 4. The van der Waals surface area contributed by atoms with Crippen molar-refractivity contribution in [3.8, 4) is 0 Å². The zero-order chi connectivity index (χ0) is 17.5. The molecule has 24 heavy (non-hydrogen) atoms. The van der Waals surface area contributed by atoms with E-state index in [4.69, 9.17) is 11.6 Å². The van der Waals surface area contributed by atoms with Crippen molar-refractivity contribution < 1.29 is 21.6 Å². The molecule has 0 radical (unpaired) electrons. The molecule has 1 aromatic heterocycles. The van der Waals surface area contributed by atoms with Crippen LogP contribution in [0.4, 0.5) is 13.2 Å². The van der Waals surface area contributed by atoms with Crippen LogP contribution < -0.4 is 0 Å². The van der Waals surface area contributed by atoms with Crippen molar-refractivity contribution >= 4 is 21.6 Å². The van der Waals surface area contributed by atoms with Crippen LogP contribution in [-0.2, 0) is 16.2 Å². The molecule has 0 N–H and O–H groups in total. The second kappa shape index (κ2) is 6.01. The van der Waals surface area contributed by atoms with Gasteiger partial charge in [0.1, 0.15) is 0 Å². The number of nitrogens with zero attached hydrogens (tertiary/aromatic N) is 4. The van der Waals surface area contributed by atoms with E-state index in [0.29, 0.717) is 12.5 Å². The Bertz CT molecular complexity index is 839. The monoisotopic (exact) mass is 380 g/mol. The second-order valence-electron chi connectivity index (χ2n) is 5.33. The Labute approximate surface area is 140 Å². The van der Waals surface area contributed by atoms with Gasteiger partial charge in [0.2, 0.25) is 10.0 Å². The smallest absolute Gasteiger partial charge is 0.248 e. The number of halogens is 4. The van der Waals surface area contributed by atoms with Crippen molar-refractivity contribution in [2.75, 3.05) is 13.1 Å². The van der Waals surface area contributed by atoms with E-state index in [-0.39, 0.29) is 19.1 Å². The van der Waals surface area contributed by atoms with E-state index in [1.165, 1.54) is 6.20 Å². The first-order valence-electron chi connectivity index (χ1n) is 6.92. The number of aromatic nitrogens is 3. The molecule has 1 aromatic carbocycles. The van der Waals surface area contributed by atoms with Gasteiger partial charge in [-0.2, -0.15) is 17.5 Å². The van der Waals surface area contributed by atoms with E-state index in [2.05, 4.69) is 10.3 Å². The number of sulfonamides is 1. The molecular formula is C13H12ClF3N4O2S. The molecule has 2 heterocycles. The summed E-state index contributed by atoms with van der Waals surface area (Å²) in [4.78, 5) is -0.432. The van der Waals surface area contributed by atoms with Crippen LogP contribution in [0.1, 0.15) is 18.0 Å². The largest absolute Gasteiger partial charge is 0.417 e. The normalized spacial score (nSPS) is 19.8. The number of hydrogen-bond donors (Lipinski definition) is 0. The Hall–Kier alpha value is -1.65. The molecule has 0 saturated carbocycles. The number of benzene rings is 1. The molecule has 0 spiro atoms. The Morgan fingerprint density at radius 1 is 1.29 bits per heavy atom. The van der Waals surface area contributed by atoms with Gasteiger partial charge in [-0.1, -0.05) is 16.8 Å². The molecule has 1 fully saturated rings. The molecule has 3 rings (SSSR count). The summed E-state index contributed by atoms with van der Waals surface area (Å²) in [6.07, 6.45) is -1.13. The lowest BCUT2D eigenvalue weighted by atomic mass is 10.2. The van der Waals surface area contributed by atoms with Gasteiger partial charge in [0, 0.05) is 19.3 Å². The maximum absolute atomic E-state index is 12.9. The first-order valence-corrected chi connectivity index (χ1v) is 8.74. The quantitative estimate of drug-likeness (QED) is 0.820. The summed E-state index contributed by atoms with van der Waals surface area (Å²) in [7, 11) is -4.05. The van der Waals surface area contributed by atoms with Gasteiger partial charge in [-0.05, 0) is 24.6 Å². The summed E-state index contributed by atoms with van der Waals surface area (Å²) in [5.74, 6) is 0. The van der Waals surface area contributed by atoms with Crippen molar-refractivity contribution in [3.05, 3.63) is 41.2 Å². The van der Waals surface area contributed by atoms with Gasteiger partial charge >= 0.3 is 6.18 Å². The lowest BCUT2D eigenvalue weighted by Gasteiger charge is -2.18. The molecule has 0 amide bonds. The van der Waals surface area contributed by atoms with E-state index >= 15 is 0 Å². The summed E-state index contributed by atoms with van der Waals surface area (Å²) in [5, 5.41) is 6.95. The molecule has 11 heteroatoms. The first kappa shape index (κ1) is 17.2. The van der Waals surface area contributed by atoms with Gasteiger partial charge in [-0.25, -0.2) is 13.1 Å². The standard InChI is InChI=1S/C13H12ClF3N4O2S/c14-12-2-1-10(7-11(12)13(15,16)17)24(22,23)20-5-3-9(8-20)21-6-4-18-19-21/h1-2,4,6-7,9H,3,5,8H2. The summed E-state index contributed by atoms with van der Waals surface area (Å²) in [6.45, 7) is 0.312. The van der Waals surface area contributed by atoms with Crippen LogP contribution in [0.15, 0.2) is 35.5 Å². The average Bonchev–Trinajstić information content (AvgIpc) is 3.17. The molecule has 0 bridgehead atoms. The Balaban J connectivity index is 1.89. The highest BCUT2D eigenvalue weighted by Gasteiger charge is 2.37.